The lowest BCUT2D eigenvalue weighted by Gasteiger charge is -2.11. The molecule has 0 unspecified atom stereocenters. The minimum atomic E-state index is 1.00. The van der Waals surface area contributed by atoms with Crippen LogP contribution in [0.3, 0.4) is 0 Å². The number of nitrogens with zero attached hydrogens (tertiary/aromatic N) is 1. The number of hydrogen-bond donors (Lipinski definition) is 0. The molecule has 3 heteroatoms. The van der Waals surface area contributed by atoms with E-state index in [1.165, 1.54) is 15.6 Å². The molecule has 0 saturated carbocycles. The van der Waals surface area contributed by atoms with Crippen LogP contribution in [-0.4, -0.2) is 24.3 Å². The normalized spacial score (nSPS) is 10.9. The summed E-state index contributed by atoms with van der Waals surface area (Å²) in [6.07, 6.45) is 1.07. The van der Waals surface area contributed by atoms with Crippen molar-refractivity contribution < 1.29 is 0 Å². The predicted molar refractivity (Wildman–Crippen MR) is 69.0 cm³/mol. The van der Waals surface area contributed by atoms with Gasteiger partial charge in [-0.2, -0.15) is 0 Å². The standard InChI is InChI=1S/C11H15Br2N/c1-14(2)8-9-3-4-11(13)10(7-9)5-6-12/h3-4,7H,5-6,8H2,1-2H3. The average molecular weight is 321 g/mol. The molecule has 0 saturated heterocycles. The van der Waals surface area contributed by atoms with Crippen molar-refractivity contribution in [3.63, 3.8) is 0 Å². The van der Waals surface area contributed by atoms with Crippen LogP contribution in [0.15, 0.2) is 22.7 Å². The predicted octanol–water partition coefficient (Wildman–Crippen LogP) is 3.45. The van der Waals surface area contributed by atoms with Gasteiger partial charge in [0.05, 0.1) is 0 Å². The Labute approximate surface area is 103 Å². The zero-order valence-electron chi connectivity index (χ0n) is 8.56. The van der Waals surface area contributed by atoms with Crippen LogP contribution in [-0.2, 0) is 13.0 Å². The maximum atomic E-state index is 3.56. The van der Waals surface area contributed by atoms with Crippen molar-refractivity contribution in [2.45, 2.75) is 13.0 Å². The minimum Gasteiger partial charge on any atom is -0.305 e. The molecule has 1 aromatic carbocycles. The van der Waals surface area contributed by atoms with Crippen LogP contribution >= 0.6 is 31.9 Å². The fraction of sp³-hybridized carbons (Fsp3) is 0.455. The Morgan fingerprint density at radius 1 is 1.29 bits per heavy atom. The Bertz CT molecular complexity index is 297. The summed E-state index contributed by atoms with van der Waals surface area (Å²) in [5.41, 5.74) is 2.75. The van der Waals surface area contributed by atoms with E-state index in [1.54, 1.807) is 0 Å². The van der Waals surface area contributed by atoms with E-state index in [0.29, 0.717) is 0 Å². The monoisotopic (exact) mass is 319 g/mol. The van der Waals surface area contributed by atoms with Crippen LogP contribution in [0.5, 0.6) is 0 Å². The molecule has 0 aliphatic rings. The zero-order valence-corrected chi connectivity index (χ0v) is 11.7. The fourth-order valence-corrected chi connectivity index (χ4v) is 2.26. The Morgan fingerprint density at radius 2 is 2.00 bits per heavy atom. The summed E-state index contributed by atoms with van der Waals surface area (Å²) < 4.78 is 1.21. The lowest BCUT2D eigenvalue weighted by molar-refractivity contribution is 0.402. The molecule has 0 fully saturated rings. The van der Waals surface area contributed by atoms with E-state index in [2.05, 4.69) is 69.1 Å². The summed E-state index contributed by atoms with van der Waals surface area (Å²) in [6.45, 7) is 1.00. The van der Waals surface area contributed by atoms with Gasteiger partial charge in [0, 0.05) is 16.3 Å². The van der Waals surface area contributed by atoms with Crippen molar-refractivity contribution in [1.82, 2.24) is 4.90 Å². The van der Waals surface area contributed by atoms with Gasteiger partial charge < -0.3 is 4.90 Å². The number of benzene rings is 1. The van der Waals surface area contributed by atoms with Gasteiger partial charge in [0.2, 0.25) is 0 Å². The fourth-order valence-electron chi connectivity index (χ4n) is 1.38. The highest BCUT2D eigenvalue weighted by Crippen LogP contribution is 2.20. The molecular weight excluding hydrogens is 306 g/mol. The maximum absolute atomic E-state index is 3.56. The first kappa shape index (κ1) is 12.2. The molecule has 0 aliphatic carbocycles. The Morgan fingerprint density at radius 3 is 2.57 bits per heavy atom. The van der Waals surface area contributed by atoms with Crippen LogP contribution in [0.1, 0.15) is 11.1 Å². The maximum Gasteiger partial charge on any atom is 0.0227 e. The van der Waals surface area contributed by atoms with Crippen molar-refractivity contribution in [3.8, 4) is 0 Å². The topological polar surface area (TPSA) is 3.24 Å². The van der Waals surface area contributed by atoms with Crippen molar-refractivity contribution >= 4 is 31.9 Å². The summed E-state index contributed by atoms with van der Waals surface area (Å²) in [6, 6.07) is 6.57. The third-order valence-corrected chi connectivity index (χ3v) is 3.14. The molecule has 0 heterocycles. The van der Waals surface area contributed by atoms with Crippen molar-refractivity contribution in [2.75, 3.05) is 19.4 Å². The van der Waals surface area contributed by atoms with Crippen LogP contribution in [0.2, 0.25) is 0 Å². The van der Waals surface area contributed by atoms with E-state index in [0.717, 1.165) is 18.3 Å². The van der Waals surface area contributed by atoms with Gasteiger partial charge >= 0.3 is 0 Å². The highest BCUT2D eigenvalue weighted by molar-refractivity contribution is 9.10. The highest BCUT2D eigenvalue weighted by atomic mass is 79.9. The summed E-state index contributed by atoms with van der Waals surface area (Å²) in [4.78, 5) is 2.18. The molecule has 1 aromatic rings. The van der Waals surface area contributed by atoms with Gasteiger partial charge in [0.25, 0.3) is 0 Å². The second kappa shape index (κ2) is 5.89. The molecule has 0 spiro atoms. The van der Waals surface area contributed by atoms with Gasteiger partial charge in [0.15, 0.2) is 0 Å². The number of halogens is 2. The van der Waals surface area contributed by atoms with E-state index in [4.69, 9.17) is 0 Å². The van der Waals surface area contributed by atoms with Crippen LogP contribution in [0.4, 0.5) is 0 Å². The number of hydrogen-bond acceptors (Lipinski definition) is 1. The van der Waals surface area contributed by atoms with Crippen LogP contribution in [0.25, 0.3) is 0 Å². The molecule has 1 rings (SSSR count). The van der Waals surface area contributed by atoms with Gasteiger partial charge in [-0.25, -0.2) is 0 Å². The average Bonchev–Trinajstić information content (AvgIpc) is 2.10. The number of rotatable bonds is 4. The van der Waals surface area contributed by atoms with Crippen molar-refractivity contribution in [1.29, 1.82) is 0 Å². The first-order chi connectivity index (χ1) is 6.63. The Hall–Kier alpha value is 0.140. The van der Waals surface area contributed by atoms with E-state index in [1.807, 2.05) is 0 Å². The first-order valence-electron chi connectivity index (χ1n) is 4.61. The molecule has 0 radical (unpaired) electrons. The zero-order chi connectivity index (χ0) is 10.6. The molecule has 78 valence electrons. The molecule has 0 bridgehead atoms. The molecule has 0 aliphatic heterocycles. The van der Waals surface area contributed by atoms with E-state index < -0.39 is 0 Å². The smallest absolute Gasteiger partial charge is 0.0227 e. The quantitative estimate of drug-likeness (QED) is 0.768. The third kappa shape index (κ3) is 3.71. The minimum absolute atomic E-state index is 1.00. The summed E-state index contributed by atoms with van der Waals surface area (Å²) in [5, 5.41) is 1.01. The van der Waals surface area contributed by atoms with Gasteiger partial charge in [-0.3, -0.25) is 0 Å². The van der Waals surface area contributed by atoms with Gasteiger partial charge in [-0.1, -0.05) is 44.0 Å². The van der Waals surface area contributed by atoms with E-state index >= 15 is 0 Å². The molecular formula is C11H15Br2N. The van der Waals surface area contributed by atoms with Crippen molar-refractivity contribution in [3.05, 3.63) is 33.8 Å². The molecule has 14 heavy (non-hydrogen) atoms. The molecule has 0 N–H and O–H groups in total. The summed E-state index contributed by atoms with van der Waals surface area (Å²) in [5.74, 6) is 0. The second-order valence-electron chi connectivity index (χ2n) is 3.60. The summed E-state index contributed by atoms with van der Waals surface area (Å²) in [7, 11) is 4.18. The first-order valence-corrected chi connectivity index (χ1v) is 6.53. The van der Waals surface area contributed by atoms with Crippen LogP contribution in [0, 0.1) is 0 Å². The van der Waals surface area contributed by atoms with E-state index in [-0.39, 0.29) is 0 Å². The molecule has 0 aromatic heterocycles. The third-order valence-electron chi connectivity index (χ3n) is 1.97. The van der Waals surface area contributed by atoms with Gasteiger partial charge in [-0.15, -0.1) is 0 Å². The lowest BCUT2D eigenvalue weighted by atomic mass is 10.1. The Kier molecular flexibility index (Phi) is 5.13. The molecule has 0 amide bonds. The number of alkyl halides is 1. The molecule has 0 atom stereocenters. The summed E-state index contributed by atoms with van der Waals surface area (Å²) >= 11 is 7.03. The Balaban J connectivity index is 2.83. The van der Waals surface area contributed by atoms with Gasteiger partial charge in [0.1, 0.15) is 0 Å². The number of aryl methyl sites for hydroxylation is 1. The molecule has 1 nitrogen and oxygen atoms in total. The van der Waals surface area contributed by atoms with Gasteiger partial charge in [-0.05, 0) is 37.7 Å². The van der Waals surface area contributed by atoms with Crippen LogP contribution < -0.4 is 0 Å². The SMILES string of the molecule is CN(C)Cc1ccc(Br)c(CCBr)c1. The highest BCUT2D eigenvalue weighted by Gasteiger charge is 2.01. The second-order valence-corrected chi connectivity index (χ2v) is 5.25. The van der Waals surface area contributed by atoms with Crippen molar-refractivity contribution in [2.24, 2.45) is 0 Å². The largest absolute Gasteiger partial charge is 0.305 e. The lowest BCUT2D eigenvalue weighted by Crippen LogP contribution is -2.10. The van der Waals surface area contributed by atoms with E-state index in [9.17, 15) is 0 Å².